The number of benzene rings is 1. The summed E-state index contributed by atoms with van der Waals surface area (Å²) in [6.07, 6.45) is -0.0620. The predicted octanol–water partition coefficient (Wildman–Crippen LogP) is 1.66. The molecule has 1 aromatic heterocycles. The van der Waals surface area contributed by atoms with Gasteiger partial charge in [-0.3, -0.25) is 20.3 Å². The van der Waals surface area contributed by atoms with Crippen LogP contribution < -0.4 is 15.6 Å². The molecule has 24 heavy (non-hydrogen) atoms. The van der Waals surface area contributed by atoms with Gasteiger partial charge in [0.15, 0.2) is 11.9 Å². The molecule has 7 heteroatoms. The molecule has 0 saturated heterocycles. The van der Waals surface area contributed by atoms with Gasteiger partial charge < -0.3 is 4.74 Å². The number of nitriles is 1. The van der Waals surface area contributed by atoms with Crippen molar-refractivity contribution in [3.8, 4) is 11.8 Å². The van der Waals surface area contributed by atoms with Crippen LogP contribution in [-0.4, -0.2) is 21.8 Å². The first-order chi connectivity index (χ1) is 11.4. The van der Waals surface area contributed by atoms with Crippen LogP contribution in [0.1, 0.15) is 27.9 Å². The Hall–Kier alpha value is -3.01. The smallest absolute Gasteiger partial charge is 0.279 e. The molecule has 1 amide bonds. The Morgan fingerprint density at radius 1 is 1.38 bits per heavy atom. The minimum atomic E-state index is -0.589. The summed E-state index contributed by atoms with van der Waals surface area (Å²) in [5.74, 6) is 0.919. The molecule has 0 saturated carbocycles. The molecule has 1 aromatic carbocycles. The van der Waals surface area contributed by atoms with E-state index >= 15 is 0 Å². The zero-order valence-electron chi connectivity index (χ0n) is 14.1. The molecule has 1 unspecified atom stereocenters. The first-order valence-corrected chi connectivity index (χ1v) is 7.67. The number of anilines is 1. The van der Waals surface area contributed by atoms with Crippen LogP contribution in [0.4, 0.5) is 5.82 Å². The van der Waals surface area contributed by atoms with E-state index in [1.165, 1.54) is 10.2 Å². The van der Waals surface area contributed by atoms with Crippen molar-refractivity contribution < 1.29 is 9.53 Å². The zero-order chi connectivity index (χ0) is 17.4. The number of rotatable bonds is 3. The molecule has 0 bridgehead atoms. The van der Waals surface area contributed by atoms with Gasteiger partial charge in [-0.2, -0.15) is 10.4 Å². The highest BCUT2D eigenvalue weighted by atomic mass is 16.5. The zero-order valence-corrected chi connectivity index (χ0v) is 14.1. The number of carbonyl (C=O) groups is 1. The number of hydrogen-bond acceptors (Lipinski definition) is 5. The lowest BCUT2D eigenvalue weighted by atomic mass is 10.0. The lowest BCUT2D eigenvalue weighted by molar-refractivity contribution is -0.126. The van der Waals surface area contributed by atoms with E-state index in [-0.39, 0.29) is 5.91 Å². The van der Waals surface area contributed by atoms with Crippen molar-refractivity contribution >= 4 is 11.7 Å². The summed E-state index contributed by atoms with van der Waals surface area (Å²) in [5.41, 5.74) is 9.74. The second kappa shape index (κ2) is 5.89. The molecule has 1 aliphatic heterocycles. The van der Waals surface area contributed by atoms with Gasteiger partial charge in [-0.05, 0) is 43.5 Å². The van der Waals surface area contributed by atoms with Crippen LogP contribution in [0.25, 0.3) is 0 Å². The Labute approximate surface area is 140 Å². The minimum absolute atomic E-state index is 0.288. The maximum atomic E-state index is 12.4. The highest BCUT2D eigenvalue weighted by Gasteiger charge is 2.30. The van der Waals surface area contributed by atoms with Crippen LogP contribution in [0.2, 0.25) is 0 Å². The van der Waals surface area contributed by atoms with Crippen LogP contribution in [-0.2, 0) is 18.3 Å². The Kier molecular flexibility index (Phi) is 3.89. The second-order valence-electron chi connectivity index (χ2n) is 6.01. The van der Waals surface area contributed by atoms with Crippen molar-refractivity contribution in [3.05, 3.63) is 40.1 Å². The van der Waals surface area contributed by atoms with Crippen LogP contribution >= 0.6 is 0 Å². The quantitative estimate of drug-likeness (QED) is 0.838. The third-order valence-corrected chi connectivity index (χ3v) is 4.28. The molecule has 0 aliphatic carbocycles. The number of aromatic nitrogens is 2. The molecule has 0 fully saturated rings. The number of carbonyl (C=O) groups excluding carboxylic acids is 1. The fourth-order valence-corrected chi connectivity index (χ4v) is 2.80. The van der Waals surface area contributed by atoms with Gasteiger partial charge in [0.25, 0.3) is 5.91 Å². The van der Waals surface area contributed by atoms with Crippen LogP contribution in [0.5, 0.6) is 5.75 Å². The molecule has 1 atom stereocenters. The summed E-state index contributed by atoms with van der Waals surface area (Å²) in [6, 6.07) is 6.10. The van der Waals surface area contributed by atoms with Gasteiger partial charge in [0.1, 0.15) is 17.4 Å². The summed E-state index contributed by atoms with van der Waals surface area (Å²) >= 11 is 0. The van der Waals surface area contributed by atoms with Gasteiger partial charge in [0.2, 0.25) is 0 Å². The molecular formula is C17H19N5O2. The Morgan fingerprint density at radius 3 is 2.79 bits per heavy atom. The normalized spacial score (nSPS) is 15.4. The average Bonchev–Trinajstić information content (AvgIpc) is 3.05. The van der Waals surface area contributed by atoms with Crippen molar-refractivity contribution in [2.75, 3.05) is 5.43 Å². The maximum Gasteiger partial charge on any atom is 0.279 e. The number of ether oxygens (including phenoxy) is 1. The molecule has 0 radical (unpaired) electrons. The van der Waals surface area contributed by atoms with E-state index in [1.54, 1.807) is 14.0 Å². The molecule has 7 nitrogen and oxygen atoms in total. The second-order valence-corrected chi connectivity index (χ2v) is 6.01. The number of amides is 1. The minimum Gasteiger partial charge on any atom is -0.480 e. The number of nitrogens with zero attached hydrogens (tertiary/aromatic N) is 3. The first-order valence-electron chi connectivity index (χ1n) is 7.67. The van der Waals surface area contributed by atoms with Crippen molar-refractivity contribution in [2.45, 2.75) is 33.3 Å². The van der Waals surface area contributed by atoms with Crippen molar-refractivity contribution in [2.24, 2.45) is 7.05 Å². The monoisotopic (exact) mass is 325 g/mol. The van der Waals surface area contributed by atoms with E-state index in [2.05, 4.69) is 28.1 Å². The van der Waals surface area contributed by atoms with Crippen molar-refractivity contribution in [1.29, 1.82) is 5.26 Å². The van der Waals surface area contributed by atoms with Gasteiger partial charge in [-0.1, -0.05) is 6.07 Å². The molecule has 1 aliphatic rings. The van der Waals surface area contributed by atoms with Gasteiger partial charge in [-0.15, -0.1) is 0 Å². The van der Waals surface area contributed by atoms with Crippen LogP contribution in [0.3, 0.4) is 0 Å². The third kappa shape index (κ3) is 2.67. The molecular weight excluding hydrogens is 306 g/mol. The highest BCUT2D eigenvalue weighted by molar-refractivity contribution is 5.83. The van der Waals surface area contributed by atoms with E-state index in [0.29, 0.717) is 23.5 Å². The summed E-state index contributed by atoms with van der Waals surface area (Å²) in [6.45, 7) is 5.80. The Morgan fingerprint density at radius 2 is 2.08 bits per heavy atom. The Bertz CT molecular complexity index is 832. The lowest BCUT2D eigenvalue weighted by Crippen LogP contribution is -2.41. The van der Waals surface area contributed by atoms with Gasteiger partial charge >= 0.3 is 0 Å². The molecule has 2 heterocycles. The number of aryl methyl sites for hydroxylation is 4. The largest absolute Gasteiger partial charge is 0.480 e. The summed E-state index contributed by atoms with van der Waals surface area (Å²) in [5, 5.41) is 13.3. The molecule has 0 spiro atoms. The first kappa shape index (κ1) is 15.9. The van der Waals surface area contributed by atoms with E-state index in [9.17, 15) is 10.1 Å². The van der Waals surface area contributed by atoms with Gasteiger partial charge in [0, 0.05) is 13.5 Å². The standard InChI is InChI=1S/C17H19N5O2/c1-9-5-12-7-15(24-14(12)6-10(9)2)17(23)20-19-16-13(8-18)11(3)21-22(16)4/h5-6,15,19H,7H2,1-4H3,(H,20,23). The molecule has 2 aromatic rings. The SMILES string of the molecule is Cc1cc2c(cc1C)OC(C(=O)NNc1c(C#N)c(C)nn1C)C2. The molecule has 3 rings (SSSR count). The van der Waals surface area contributed by atoms with Gasteiger partial charge in [0.05, 0.1) is 5.69 Å². The van der Waals surface area contributed by atoms with Crippen molar-refractivity contribution in [3.63, 3.8) is 0 Å². The van der Waals surface area contributed by atoms with Crippen LogP contribution in [0.15, 0.2) is 12.1 Å². The molecule has 2 N–H and O–H groups in total. The van der Waals surface area contributed by atoms with Crippen LogP contribution in [0, 0.1) is 32.1 Å². The van der Waals surface area contributed by atoms with E-state index in [0.717, 1.165) is 16.9 Å². The van der Waals surface area contributed by atoms with Crippen molar-refractivity contribution in [1.82, 2.24) is 15.2 Å². The average molecular weight is 325 g/mol. The maximum absolute atomic E-state index is 12.4. The number of fused-ring (bicyclic) bond motifs is 1. The number of hydrogen-bond donors (Lipinski definition) is 2. The van der Waals surface area contributed by atoms with E-state index in [1.807, 2.05) is 19.9 Å². The molecule has 124 valence electrons. The Balaban J connectivity index is 1.69. The predicted molar refractivity (Wildman–Crippen MR) is 88.5 cm³/mol. The summed E-state index contributed by atoms with van der Waals surface area (Å²) in [4.78, 5) is 12.4. The lowest BCUT2D eigenvalue weighted by Gasteiger charge is -2.13. The number of nitrogens with one attached hydrogen (secondary N) is 2. The summed E-state index contributed by atoms with van der Waals surface area (Å²) < 4.78 is 7.26. The fraction of sp³-hybridized carbons (Fsp3) is 0.353. The summed E-state index contributed by atoms with van der Waals surface area (Å²) in [7, 11) is 1.70. The van der Waals surface area contributed by atoms with E-state index < -0.39 is 6.10 Å². The number of hydrazine groups is 1. The highest BCUT2D eigenvalue weighted by Crippen LogP contribution is 2.31. The van der Waals surface area contributed by atoms with Gasteiger partial charge in [-0.25, -0.2) is 0 Å². The third-order valence-electron chi connectivity index (χ3n) is 4.28. The van der Waals surface area contributed by atoms with E-state index in [4.69, 9.17) is 4.74 Å². The topological polar surface area (TPSA) is 92.0 Å². The fourth-order valence-electron chi connectivity index (χ4n) is 2.80.